The predicted molar refractivity (Wildman–Crippen MR) is 112 cm³/mol. The van der Waals surface area contributed by atoms with Crippen LogP contribution in [-0.4, -0.2) is 38.9 Å². The van der Waals surface area contributed by atoms with Gasteiger partial charge in [0.15, 0.2) is 11.5 Å². The van der Waals surface area contributed by atoms with E-state index in [9.17, 15) is 4.79 Å². The highest BCUT2D eigenvalue weighted by molar-refractivity contribution is 6.32. The van der Waals surface area contributed by atoms with E-state index in [4.69, 9.17) is 37.4 Å². The van der Waals surface area contributed by atoms with Crippen molar-refractivity contribution >= 4 is 29.1 Å². The lowest BCUT2D eigenvalue weighted by Crippen LogP contribution is -2.45. The van der Waals surface area contributed by atoms with Crippen LogP contribution in [-0.2, 0) is 21.4 Å². The number of carbonyl (C=O) groups is 1. The van der Waals surface area contributed by atoms with Crippen molar-refractivity contribution in [2.24, 2.45) is 0 Å². The maximum absolute atomic E-state index is 12.7. The Kier molecular flexibility index (Phi) is 6.18. The normalized spacial score (nSPS) is 17.6. The molecule has 2 aromatic carbocycles. The van der Waals surface area contributed by atoms with Gasteiger partial charge in [0.2, 0.25) is 5.91 Å². The van der Waals surface area contributed by atoms with Gasteiger partial charge in [-0.2, -0.15) is 0 Å². The summed E-state index contributed by atoms with van der Waals surface area (Å²) in [5.41, 5.74) is 1.75. The number of fused-ring (bicyclic) bond motifs is 1. The molecule has 4 rings (SSSR count). The average molecular weight is 436 g/mol. The quantitative estimate of drug-likeness (QED) is 0.765. The van der Waals surface area contributed by atoms with Crippen molar-refractivity contribution in [3.63, 3.8) is 0 Å². The van der Waals surface area contributed by atoms with Crippen molar-refractivity contribution in [2.45, 2.75) is 24.7 Å². The first-order valence-corrected chi connectivity index (χ1v) is 10.5. The SMILES string of the molecule is O=C(Cc1cc(Cl)c2c(c1)OCCO2)NCC1(c2cccc(Cl)c2)CCOCC1. The molecule has 0 atom stereocenters. The number of halogens is 2. The maximum Gasteiger partial charge on any atom is 0.224 e. The molecule has 0 aromatic heterocycles. The molecule has 0 aliphatic carbocycles. The molecule has 5 nitrogen and oxygen atoms in total. The molecule has 1 N–H and O–H groups in total. The van der Waals surface area contributed by atoms with Crippen LogP contribution in [0.2, 0.25) is 10.0 Å². The van der Waals surface area contributed by atoms with Gasteiger partial charge in [-0.05, 0) is 48.2 Å². The van der Waals surface area contributed by atoms with E-state index in [0.29, 0.717) is 54.5 Å². The van der Waals surface area contributed by atoms with Gasteiger partial charge in [-0.25, -0.2) is 0 Å². The molecule has 0 radical (unpaired) electrons. The van der Waals surface area contributed by atoms with Crippen LogP contribution in [0.1, 0.15) is 24.0 Å². The topological polar surface area (TPSA) is 56.8 Å². The molecule has 154 valence electrons. The first-order valence-electron chi connectivity index (χ1n) is 9.74. The summed E-state index contributed by atoms with van der Waals surface area (Å²) in [4.78, 5) is 12.7. The van der Waals surface area contributed by atoms with E-state index in [-0.39, 0.29) is 17.7 Å². The van der Waals surface area contributed by atoms with E-state index in [1.54, 1.807) is 6.07 Å². The van der Waals surface area contributed by atoms with Gasteiger partial charge in [-0.3, -0.25) is 4.79 Å². The molecule has 0 unspecified atom stereocenters. The van der Waals surface area contributed by atoms with Gasteiger partial charge in [0.1, 0.15) is 13.2 Å². The fraction of sp³-hybridized carbons (Fsp3) is 0.409. The smallest absolute Gasteiger partial charge is 0.224 e. The van der Waals surface area contributed by atoms with Crippen LogP contribution in [0.3, 0.4) is 0 Å². The summed E-state index contributed by atoms with van der Waals surface area (Å²) in [5.74, 6) is 1.07. The highest BCUT2D eigenvalue weighted by Crippen LogP contribution is 2.39. The van der Waals surface area contributed by atoms with E-state index in [0.717, 1.165) is 24.0 Å². The van der Waals surface area contributed by atoms with Crippen LogP contribution in [0.4, 0.5) is 0 Å². The van der Waals surface area contributed by atoms with Crippen molar-refractivity contribution in [2.75, 3.05) is 33.0 Å². The molecule has 0 bridgehead atoms. The van der Waals surface area contributed by atoms with Crippen molar-refractivity contribution < 1.29 is 19.0 Å². The first-order chi connectivity index (χ1) is 14.1. The molecular formula is C22H23Cl2NO4. The van der Waals surface area contributed by atoms with Crippen LogP contribution in [0, 0.1) is 0 Å². The third kappa shape index (κ3) is 4.63. The minimum Gasteiger partial charge on any atom is -0.486 e. The van der Waals surface area contributed by atoms with E-state index in [2.05, 4.69) is 11.4 Å². The summed E-state index contributed by atoms with van der Waals surface area (Å²) in [6, 6.07) is 11.5. The molecule has 29 heavy (non-hydrogen) atoms. The summed E-state index contributed by atoms with van der Waals surface area (Å²) < 4.78 is 16.7. The second-order valence-electron chi connectivity index (χ2n) is 7.46. The van der Waals surface area contributed by atoms with Crippen molar-refractivity contribution in [3.05, 3.63) is 57.6 Å². The summed E-state index contributed by atoms with van der Waals surface area (Å²) in [6.07, 6.45) is 1.89. The van der Waals surface area contributed by atoms with Gasteiger partial charge in [0.05, 0.1) is 11.4 Å². The summed E-state index contributed by atoms with van der Waals surface area (Å²) in [6.45, 7) is 2.82. The molecule has 2 aromatic rings. The van der Waals surface area contributed by atoms with Crippen molar-refractivity contribution in [1.82, 2.24) is 5.32 Å². The molecule has 0 saturated carbocycles. The minimum absolute atomic E-state index is 0.0642. The van der Waals surface area contributed by atoms with Crippen LogP contribution in [0.25, 0.3) is 0 Å². The molecule has 2 aliphatic heterocycles. The zero-order chi connectivity index (χ0) is 20.3. The zero-order valence-electron chi connectivity index (χ0n) is 16.0. The second kappa shape index (κ2) is 8.82. The number of hydrogen-bond acceptors (Lipinski definition) is 4. The third-order valence-electron chi connectivity index (χ3n) is 5.53. The minimum atomic E-state index is -0.177. The molecule has 1 fully saturated rings. The highest BCUT2D eigenvalue weighted by Gasteiger charge is 2.35. The van der Waals surface area contributed by atoms with Gasteiger partial charge < -0.3 is 19.5 Å². The monoisotopic (exact) mass is 435 g/mol. The Labute approximate surface area is 180 Å². The predicted octanol–water partition coefficient (Wildman–Crippen LogP) is 4.17. The lowest BCUT2D eigenvalue weighted by atomic mass is 9.74. The van der Waals surface area contributed by atoms with Gasteiger partial charge >= 0.3 is 0 Å². The third-order valence-corrected chi connectivity index (χ3v) is 6.05. The Bertz CT molecular complexity index is 896. The number of amides is 1. The molecule has 0 spiro atoms. The number of ether oxygens (including phenoxy) is 3. The van der Waals surface area contributed by atoms with Crippen LogP contribution < -0.4 is 14.8 Å². The molecular weight excluding hydrogens is 413 g/mol. The number of nitrogens with one attached hydrogen (secondary N) is 1. The van der Waals surface area contributed by atoms with Gasteiger partial charge in [0, 0.05) is 30.2 Å². The van der Waals surface area contributed by atoms with E-state index < -0.39 is 0 Å². The largest absolute Gasteiger partial charge is 0.486 e. The Morgan fingerprint density at radius 1 is 1.03 bits per heavy atom. The second-order valence-corrected chi connectivity index (χ2v) is 8.30. The summed E-state index contributed by atoms with van der Waals surface area (Å²) >= 11 is 12.5. The van der Waals surface area contributed by atoms with Gasteiger partial charge in [0.25, 0.3) is 0 Å². The fourth-order valence-electron chi connectivity index (χ4n) is 3.93. The Balaban J connectivity index is 1.45. The van der Waals surface area contributed by atoms with Gasteiger partial charge in [-0.1, -0.05) is 35.3 Å². The number of hydrogen-bond donors (Lipinski definition) is 1. The van der Waals surface area contributed by atoms with E-state index in [1.807, 2.05) is 24.3 Å². The number of carbonyl (C=O) groups excluding carboxylic acids is 1. The van der Waals surface area contributed by atoms with E-state index >= 15 is 0 Å². The van der Waals surface area contributed by atoms with Gasteiger partial charge in [-0.15, -0.1) is 0 Å². The Morgan fingerprint density at radius 2 is 1.83 bits per heavy atom. The molecule has 2 aliphatic rings. The fourth-order valence-corrected chi connectivity index (χ4v) is 4.41. The van der Waals surface area contributed by atoms with Crippen molar-refractivity contribution in [1.29, 1.82) is 0 Å². The Morgan fingerprint density at radius 3 is 2.62 bits per heavy atom. The average Bonchev–Trinajstić information content (AvgIpc) is 2.73. The lowest BCUT2D eigenvalue weighted by Gasteiger charge is -2.38. The van der Waals surface area contributed by atoms with Crippen LogP contribution >= 0.6 is 23.2 Å². The standard InChI is InChI=1S/C22H23Cl2NO4/c23-17-3-1-2-16(13-17)22(4-6-27-7-5-22)14-25-20(26)12-15-10-18(24)21-19(11-15)28-8-9-29-21/h1-3,10-11,13H,4-9,12,14H2,(H,25,26). The molecule has 7 heteroatoms. The lowest BCUT2D eigenvalue weighted by molar-refractivity contribution is -0.120. The summed E-state index contributed by atoms with van der Waals surface area (Å²) in [7, 11) is 0. The van der Waals surface area contributed by atoms with Crippen LogP contribution in [0.5, 0.6) is 11.5 Å². The zero-order valence-corrected chi connectivity index (χ0v) is 17.5. The molecule has 2 heterocycles. The first kappa shape index (κ1) is 20.3. The molecule has 1 amide bonds. The van der Waals surface area contributed by atoms with Crippen LogP contribution in [0.15, 0.2) is 36.4 Å². The number of benzene rings is 2. The highest BCUT2D eigenvalue weighted by atomic mass is 35.5. The van der Waals surface area contributed by atoms with E-state index in [1.165, 1.54) is 0 Å². The number of rotatable bonds is 5. The molecule has 1 saturated heterocycles. The summed E-state index contributed by atoms with van der Waals surface area (Å²) in [5, 5.41) is 4.27. The maximum atomic E-state index is 12.7. The van der Waals surface area contributed by atoms with Crippen molar-refractivity contribution in [3.8, 4) is 11.5 Å². The Hall–Kier alpha value is -1.95.